The van der Waals surface area contributed by atoms with Crippen LogP contribution in [0.1, 0.15) is 5.56 Å². The van der Waals surface area contributed by atoms with E-state index in [1.165, 1.54) is 0 Å². The fraction of sp³-hybridized carbons (Fsp3) is 0.105. The summed E-state index contributed by atoms with van der Waals surface area (Å²) < 4.78 is 12.6. The Morgan fingerprint density at radius 1 is 1.00 bits per heavy atom. The molecule has 0 aliphatic carbocycles. The summed E-state index contributed by atoms with van der Waals surface area (Å²) in [5.74, 6) is 1.29. The standard InChI is InChI=1S/C19H16N2O3/c22-19(20-15-5-8-17-18(12-15)24-13-23-17)11-14-3-6-16(7-4-14)21-9-1-2-10-21/h1-10,12H,11,13H2,(H,20,22). The van der Waals surface area contributed by atoms with Crippen molar-refractivity contribution in [1.82, 2.24) is 4.57 Å². The first-order chi connectivity index (χ1) is 11.8. The molecule has 1 N–H and O–H groups in total. The Bertz CT molecular complexity index is 855. The van der Waals surface area contributed by atoms with Crippen LogP contribution in [-0.2, 0) is 11.2 Å². The maximum absolute atomic E-state index is 12.2. The zero-order chi connectivity index (χ0) is 16.4. The van der Waals surface area contributed by atoms with Gasteiger partial charge in [-0.1, -0.05) is 12.1 Å². The zero-order valence-electron chi connectivity index (χ0n) is 12.9. The van der Waals surface area contributed by atoms with Crippen LogP contribution in [0, 0.1) is 0 Å². The minimum absolute atomic E-state index is 0.0671. The minimum Gasteiger partial charge on any atom is -0.454 e. The van der Waals surface area contributed by atoms with Crippen LogP contribution in [0.3, 0.4) is 0 Å². The first-order valence-electron chi connectivity index (χ1n) is 7.70. The van der Waals surface area contributed by atoms with E-state index >= 15 is 0 Å². The molecule has 24 heavy (non-hydrogen) atoms. The molecule has 5 nitrogen and oxygen atoms in total. The van der Waals surface area contributed by atoms with Crippen LogP contribution in [-0.4, -0.2) is 17.3 Å². The highest BCUT2D eigenvalue weighted by molar-refractivity contribution is 5.92. The molecule has 0 saturated carbocycles. The molecule has 0 fully saturated rings. The Labute approximate surface area is 139 Å². The molecule has 0 unspecified atom stereocenters. The van der Waals surface area contributed by atoms with Crippen LogP contribution in [0.25, 0.3) is 5.69 Å². The third-order valence-electron chi connectivity index (χ3n) is 3.86. The number of aromatic nitrogens is 1. The normalized spacial score (nSPS) is 12.2. The molecule has 0 spiro atoms. The minimum atomic E-state index is -0.0671. The van der Waals surface area contributed by atoms with Crippen LogP contribution < -0.4 is 14.8 Å². The lowest BCUT2D eigenvalue weighted by atomic mass is 10.1. The molecule has 1 aliphatic rings. The number of hydrogen-bond acceptors (Lipinski definition) is 3. The van der Waals surface area contributed by atoms with E-state index in [4.69, 9.17) is 9.47 Å². The second kappa shape index (κ2) is 6.12. The third-order valence-corrected chi connectivity index (χ3v) is 3.86. The SMILES string of the molecule is O=C(Cc1ccc(-n2cccc2)cc1)Nc1ccc2c(c1)OCO2. The van der Waals surface area contributed by atoms with Crippen molar-refractivity contribution >= 4 is 11.6 Å². The highest BCUT2D eigenvalue weighted by Crippen LogP contribution is 2.34. The van der Waals surface area contributed by atoms with Crippen molar-refractivity contribution in [2.45, 2.75) is 6.42 Å². The van der Waals surface area contributed by atoms with Crippen LogP contribution in [0.5, 0.6) is 11.5 Å². The summed E-state index contributed by atoms with van der Waals surface area (Å²) in [5.41, 5.74) is 2.73. The van der Waals surface area contributed by atoms with E-state index in [-0.39, 0.29) is 12.7 Å². The number of amides is 1. The van der Waals surface area contributed by atoms with E-state index < -0.39 is 0 Å². The first-order valence-corrected chi connectivity index (χ1v) is 7.70. The number of ether oxygens (including phenoxy) is 2. The summed E-state index contributed by atoms with van der Waals surface area (Å²) in [6, 6.07) is 17.3. The number of fused-ring (bicyclic) bond motifs is 1. The van der Waals surface area contributed by atoms with Gasteiger partial charge in [-0.25, -0.2) is 0 Å². The molecule has 2 heterocycles. The van der Waals surface area contributed by atoms with Gasteiger partial charge in [-0.05, 0) is 42.0 Å². The van der Waals surface area contributed by atoms with Gasteiger partial charge in [0.05, 0.1) is 6.42 Å². The Kier molecular flexibility index (Phi) is 3.67. The maximum Gasteiger partial charge on any atom is 0.231 e. The van der Waals surface area contributed by atoms with Gasteiger partial charge in [0.1, 0.15) is 0 Å². The van der Waals surface area contributed by atoms with Gasteiger partial charge < -0.3 is 19.4 Å². The number of benzene rings is 2. The smallest absolute Gasteiger partial charge is 0.231 e. The van der Waals surface area contributed by atoms with Crippen molar-refractivity contribution in [3.63, 3.8) is 0 Å². The van der Waals surface area contributed by atoms with Crippen LogP contribution in [0.15, 0.2) is 67.0 Å². The van der Waals surface area contributed by atoms with Gasteiger partial charge in [-0.2, -0.15) is 0 Å². The average molecular weight is 320 g/mol. The molecule has 1 aromatic heterocycles. The summed E-state index contributed by atoms with van der Waals surface area (Å²) in [4.78, 5) is 12.2. The second-order valence-electron chi connectivity index (χ2n) is 5.55. The van der Waals surface area contributed by atoms with Crippen molar-refractivity contribution < 1.29 is 14.3 Å². The lowest BCUT2D eigenvalue weighted by molar-refractivity contribution is -0.115. The monoisotopic (exact) mass is 320 g/mol. The molecule has 1 aliphatic heterocycles. The molecule has 4 rings (SSSR count). The van der Waals surface area contributed by atoms with Gasteiger partial charge >= 0.3 is 0 Å². The van der Waals surface area contributed by atoms with E-state index in [0.29, 0.717) is 23.6 Å². The second-order valence-corrected chi connectivity index (χ2v) is 5.55. The van der Waals surface area contributed by atoms with Gasteiger partial charge in [0.25, 0.3) is 0 Å². The topological polar surface area (TPSA) is 52.5 Å². The number of hydrogen-bond donors (Lipinski definition) is 1. The molecule has 0 saturated heterocycles. The Balaban J connectivity index is 1.41. The van der Waals surface area contributed by atoms with Gasteiger partial charge in [0, 0.05) is 29.8 Å². The van der Waals surface area contributed by atoms with Crippen molar-refractivity contribution in [3.8, 4) is 17.2 Å². The van der Waals surface area contributed by atoms with E-state index in [1.54, 1.807) is 18.2 Å². The maximum atomic E-state index is 12.2. The van der Waals surface area contributed by atoms with Gasteiger partial charge in [-0.15, -0.1) is 0 Å². The van der Waals surface area contributed by atoms with Crippen molar-refractivity contribution in [1.29, 1.82) is 0 Å². The molecule has 5 heteroatoms. The number of nitrogens with one attached hydrogen (secondary N) is 1. The van der Waals surface area contributed by atoms with E-state index in [0.717, 1.165) is 11.3 Å². The van der Waals surface area contributed by atoms with Crippen LogP contribution >= 0.6 is 0 Å². The fourth-order valence-electron chi connectivity index (χ4n) is 2.66. The largest absolute Gasteiger partial charge is 0.454 e. The average Bonchev–Trinajstić information content (AvgIpc) is 3.26. The molecule has 0 bridgehead atoms. The predicted molar refractivity (Wildman–Crippen MR) is 90.7 cm³/mol. The number of rotatable bonds is 4. The Morgan fingerprint density at radius 3 is 2.54 bits per heavy atom. The summed E-state index contributed by atoms with van der Waals surface area (Å²) in [7, 11) is 0. The third kappa shape index (κ3) is 2.96. The van der Waals surface area contributed by atoms with E-state index in [1.807, 2.05) is 53.4 Å². The van der Waals surface area contributed by atoms with Crippen LogP contribution in [0.2, 0.25) is 0 Å². The Hall–Kier alpha value is -3.21. The van der Waals surface area contributed by atoms with E-state index in [9.17, 15) is 4.79 Å². The van der Waals surface area contributed by atoms with E-state index in [2.05, 4.69) is 5.32 Å². The fourth-order valence-corrected chi connectivity index (χ4v) is 2.66. The van der Waals surface area contributed by atoms with Crippen molar-refractivity contribution in [3.05, 3.63) is 72.6 Å². The highest BCUT2D eigenvalue weighted by Gasteiger charge is 2.14. The summed E-state index contributed by atoms with van der Waals surface area (Å²) in [6.07, 6.45) is 4.29. The molecule has 2 aromatic carbocycles. The summed E-state index contributed by atoms with van der Waals surface area (Å²) >= 11 is 0. The lowest BCUT2D eigenvalue weighted by Gasteiger charge is -2.07. The van der Waals surface area contributed by atoms with Gasteiger partial charge in [-0.3, -0.25) is 4.79 Å². The highest BCUT2D eigenvalue weighted by atomic mass is 16.7. The van der Waals surface area contributed by atoms with Crippen molar-refractivity contribution in [2.75, 3.05) is 12.1 Å². The number of carbonyl (C=O) groups is 1. The molecular weight excluding hydrogens is 304 g/mol. The molecule has 1 amide bonds. The summed E-state index contributed by atoms with van der Waals surface area (Å²) in [5, 5.41) is 2.88. The van der Waals surface area contributed by atoms with Crippen LogP contribution in [0.4, 0.5) is 5.69 Å². The number of carbonyl (C=O) groups excluding carboxylic acids is 1. The molecule has 0 atom stereocenters. The molecule has 3 aromatic rings. The zero-order valence-corrected chi connectivity index (χ0v) is 12.9. The van der Waals surface area contributed by atoms with Crippen molar-refractivity contribution in [2.24, 2.45) is 0 Å². The number of anilines is 1. The Morgan fingerprint density at radius 2 is 1.75 bits per heavy atom. The first kappa shape index (κ1) is 14.4. The molecule has 120 valence electrons. The summed E-state index contributed by atoms with van der Waals surface area (Å²) in [6.45, 7) is 0.223. The van der Waals surface area contributed by atoms with Gasteiger partial charge in [0.15, 0.2) is 11.5 Å². The predicted octanol–water partition coefficient (Wildman–Crippen LogP) is 3.39. The lowest BCUT2D eigenvalue weighted by Crippen LogP contribution is -2.14. The molecule has 0 radical (unpaired) electrons. The quantitative estimate of drug-likeness (QED) is 0.802. The number of nitrogens with zero attached hydrogens (tertiary/aromatic N) is 1. The molecular formula is C19H16N2O3. The van der Waals surface area contributed by atoms with Gasteiger partial charge in [0.2, 0.25) is 12.7 Å².